The molecule has 120 valence electrons. The predicted octanol–water partition coefficient (Wildman–Crippen LogP) is 0.435. The minimum absolute atomic E-state index is 0. The molecule has 0 heterocycles. The van der Waals surface area contributed by atoms with Crippen molar-refractivity contribution in [2.75, 3.05) is 20.6 Å². The smallest absolute Gasteiger partial charge is 0.305 e. The zero-order valence-electron chi connectivity index (χ0n) is 11.9. The highest BCUT2D eigenvalue weighted by molar-refractivity contribution is 5.82. The molecular weight excluding hydrogens is 266 g/mol. The number of carbonyl (C=O) groups excluding carboxylic acids is 2. The summed E-state index contributed by atoms with van der Waals surface area (Å²) in [7, 11) is 3.72. The number of hydrogen-bond acceptors (Lipinski definition) is 4. The highest BCUT2D eigenvalue weighted by Crippen LogP contribution is 2.05. The Morgan fingerprint density at radius 1 is 1.40 bits per heavy atom. The van der Waals surface area contributed by atoms with Crippen molar-refractivity contribution in [2.45, 2.75) is 46.1 Å². The van der Waals surface area contributed by atoms with Crippen LogP contribution in [-0.4, -0.2) is 55.0 Å². The molecule has 0 aliphatic carbocycles. The van der Waals surface area contributed by atoms with Gasteiger partial charge in [-0.3, -0.25) is 19.3 Å². The second-order valence-electron chi connectivity index (χ2n) is 4.19. The van der Waals surface area contributed by atoms with Crippen LogP contribution in [0, 0.1) is 0 Å². The van der Waals surface area contributed by atoms with Gasteiger partial charge < -0.3 is 16.2 Å². The highest BCUT2D eigenvalue weighted by Gasteiger charge is 2.19. The summed E-state index contributed by atoms with van der Waals surface area (Å²) >= 11 is 0. The summed E-state index contributed by atoms with van der Waals surface area (Å²) < 4.78 is 0. The van der Waals surface area contributed by atoms with Crippen molar-refractivity contribution < 1.29 is 19.5 Å². The number of rotatable bonds is 8. The van der Waals surface area contributed by atoms with Crippen LogP contribution in [0.2, 0.25) is 0 Å². The van der Waals surface area contributed by atoms with Crippen LogP contribution in [0.3, 0.4) is 0 Å². The first-order valence-electron chi connectivity index (χ1n) is 6.21. The summed E-state index contributed by atoms with van der Waals surface area (Å²) in [4.78, 5) is 32.5. The van der Waals surface area contributed by atoms with Crippen LogP contribution in [0.5, 0.6) is 0 Å². The first kappa shape index (κ1) is 23.5. The molecule has 0 aromatic rings. The molecule has 20 heavy (non-hydrogen) atoms. The fraction of sp³-hybridized carbons (Fsp3) is 0.769. The van der Waals surface area contributed by atoms with Crippen molar-refractivity contribution in [1.29, 1.82) is 0 Å². The first-order valence-corrected chi connectivity index (χ1v) is 6.21. The van der Waals surface area contributed by atoms with E-state index in [-0.39, 0.29) is 38.8 Å². The summed E-state index contributed by atoms with van der Waals surface area (Å²) in [6.07, 6.45) is 3.07. The Morgan fingerprint density at radius 3 is 2.25 bits per heavy atom. The molecule has 0 fully saturated rings. The Labute approximate surface area is 121 Å². The van der Waals surface area contributed by atoms with Crippen molar-refractivity contribution in [1.82, 2.24) is 10.2 Å². The van der Waals surface area contributed by atoms with Crippen molar-refractivity contribution >= 4 is 18.3 Å². The Morgan fingerprint density at radius 2 is 1.90 bits per heavy atom. The van der Waals surface area contributed by atoms with Crippen LogP contribution in [0.4, 0.5) is 0 Å². The van der Waals surface area contributed by atoms with Crippen LogP contribution in [-0.2, 0) is 14.4 Å². The number of unbranched alkanes of at least 4 members (excludes halogenated alkanes) is 1. The van der Waals surface area contributed by atoms with E-state index in [1.165, 1.54) is 0 Å². The molecule has 0 aromatic carbocycles. The Balaban J connectivity index is -0.000000657. The standard InChI is InChI=1S/C11H22N2O3.CH3NO.CH4/c1-4-5-6-9(13(2)3)11(16)12-8-7-10(14)15;2-1-3;/h9H,4-8H2,1-3H3,(H,12,16)(H,14,15);1H,(H2,2,3);1H4/i1+1;1+1,2+1;1+1. The van der Waals surface area contributed by atoms with Crippen molar-refractivity contribution in [3.05, 3.63) is 0 Å². The number of carboxylic acids is 1. The third-order valence-corrected chi connectivity index (χ3v) is 2.40. The van der Waals surface area contributed by atoms with E-state index >= 15 is 0 Å². The van der Waals surface area contributed by atoms with Crippen molar-refractivity contribution in [3.8, 4) is 0 Å². The van der Waals surface area contributed by atoms with Crippen LogP contribution >= 0.6 is 0 Å². The summed E-state index contributed by atoms with van der Waals surface area (Å²) in [5.74, 6) is -0.977. The quantitative estimate of drug-likeness (QED) is 0.341. The van der Waals surface area contributed by atoms with Crippen LogP contribution < -0.4 is 11.1 Å². The van der Waals surface area contributed by atoms with E-state index in [9.17, 15) is 9.59 Å². The van der Waals surface area contributed by atoms with Gasteiger partial charge in [-0.2, -0.15) is 0 Å². The highest BCUT2D eigenvalue weighted by atomic mass is 16.4. The van der Waals surface area contributed by atoms with Gasteiger partial charge in [0.05, 0.1) is 12.5 Å². The Bertz CT molecular complexity index is 270. The minimum atomic E-state index is -0.893. The van der Waals surface area contributed by atoms with Crippen LogP contribution in [0.15, 0.2) is 0 Å². The second-order valence-corrected chi connectivity index (χ2v) is 4.19. The maximum atomic E-state index is 11.7. The molecule has 0 bridgehead atoms. The van der Waals surface area contributed by atoms with E-state index in [2.05, 4.69) is 18.0 Å². The number of nitrogens with one attached hydrogen (secondary N) is 1. The Kier molecular flexibility index (Phi) is 18.1. The molecule has 0 aliphatic heterocycles. The number of primary amides is 1. The molecule has 0 spiro atoms. The van der Waals surface area contributed by atoms with Gasteiger partial charge in [0.2, 0.25) is 12.3 Å². The van der Waals surface area contributed by atoms with Crippen molar-refractivity contribution in [3.63, 3.8) is 0 Å². The fourth-order valence-electron chi connectivity index (χ4n) is 1.43. The van der Waals surface area contributed by atoms with E-state index in [1.807, 2.05) is 19.0 Å². The van der Waals surface area contributed by atoms with Gasteiger partial charge >= 0.3 is 5.97 Å². The van der Waals surface area contributed by atoms with E-state index in [1.54, 1.807) is 0 Å². The minimum Gasteiger partial charge on any atom is -0.481 e. The number of carboxylic acid groups (broad SMARTS) is 1. The number of hydrogen-bond donors (Lipinski definition) is 3. The van der Waals surface area contributed by atoms with Crippen LogP contribution in [0.1, 0.15) is 40.0 Å². The summed E-state index contributed by atoms with van der Waals surface area (Å²) in [6, 6.07) is -0.159. The Hall–Kier alpha value is -1.63. The topological polar surface area (TPSA) is 113 Å². The van der Waals surface area contributed by atoms with Gasteiger partial charge in [-0.05, 0) is 20.5 Å². The lowest BCUT2D eigenvalue weighted by molar-refractivity contribution is -0.137. The maximum Gasteiger partial charge on any atom is 0.305 e. The third-order valence-electron chi connectivity index (χ3n) is 2.40. The largest absolute Gasteiger partial charge is 0.481 e. The number of carbonyl (C=O) groups is 3. The first-order chi connectivity index (χ1) is 8.90. The zero-order chi connectivity index (χ0) is 15.3. The van der Waals surface area contributed by atoms with Gasteiger partial charge in [0.1, 0.15) is 0 Å². The lowest BCUT2D eigenvalue weighted by Crippen LogP contribution is -2.44. The molecule has 1 atom stereocenters. The van der Waals surface area contributed by atoms with Gasteiger partial charge in [-0.25, -0.2) is 0 Å². The molecular formula is C13H29N3O4. The molecule has 7 heteroatoms. The third kappa shape index (κ3) is 14.4. The monoisotopic (exact) mass is 295 g/mol. The molecule has 2 amide bonds. The second kappa shape index (κ2) is 15.4. The summed E-state index contributed by atoms with van der Waals surface area (Å²) in [5, 5.41) is 11.1. The average molecular weight is 295 g/mol. The van der Waals surface area contributed by atoms with Gasteiger partial charge in [0.25, 0.3) is 0 Å². The summed E-state index contributed by atoms with van der Waals surface area (Å²) in [5.41, 5.74) is 4.17. The van der Waals surface area contributed by atoms with E-state index in [0.717, 1.165) is 19.3 Å². The number of nitrogens with zero attached hydrogens (tertiary/aromatic N) is 1. The average Bonchev–Trinajstić information content (AvgIpc) is 2.29. The number of nitrogens with two attached hydrogens (primary N) is 1. The molecule has 0 rings (SSSR count). The molecule has 7 nitrogen and oxygen atoms in total. The lowest BCUT2D eigenvalue weighted by atomic mass is 10.1. The molecule has 1 unspecified atom stereocenters. The zero-order valence-corrected chi connectivity index (χ0v) is 11.9. The molecule has 0 aromatic heterocycles. The van der Waals surface area contributed by atoms with E-state index in [4.69, 9.17) is 9.90 Å². The van der Waals surface area contributed by atoms with Gasteiger partial charge in [-0.1, -0.05) is 27.2 Å². The normalized spacial score (nSPS) is 10.6. The molecule has 4 N–H and O–H groups in total. The molecule has 0 saturated carbocycles. The van der Waals surface area contributed by atoms with E-state index in [0.29, 0.717) is 0 Å². The number of amides is 2. The van der Waals surface area contributed by atoms with Gasteiger partial charge in [0, 0.05) is 6.54 Å². The van der Waals surface area contributed by atoms with Gasteiger partial charge in [-0.15, -0.1) is 0 Å². The SMILES string of the molecule is CN(C)C(CCC[13CH3])C(=O)NCCC(=O)O.[13CH4].[15NH2][13CH]=O. The fourth-order valence-corrected chi connectivity index (χ4v) is 1.43. The molecule has 0 aliphatic rings. The molecule has 0 radical (unpaired) electrons. The number of likely N-dealkylation sites (N-methyl/N-ethyl adjacent to an activating group) is 1. The number of aliphatic carboxylic acids is 1. The van der Waals surface area contributed by atoms with E-state index < -0.39 is 5.97 Å². The molecule has 0 saturated heterocycles. The van der Waals surface area contributed by atoms with Crippen molar-refractivity contribution in [2.24, 2.45) is 5.73 Å². The maximum absolute atomic E-state index is 11.7. The van der Waals surface area contributed by atoms with Crippen LogP contribution in [0.25, 0.3) is 0 Å². The summed E-state index contributed by atoms with van der Waals surface area (Å²) in [6.45, 7) is 2.28. The lowest BCUT2D eigenvalue weighted by Gasteiger charge is -2.23. The van der Waals surface area contributed by atoms with Gasteiger partial charge in [0.15, 0.2) is 0 Å². The predicted molar refractivity (Wildman–Crippen MR) is 79.2 cm³/mol.